The molecule has 1 atom stereocenters. The number of benzene rings is 1. The molecule has 0 unspecified atom stereocenters. The number of piperazine rings is 1. The van der Waals surface area contributed by atoms with Crippen LogP contribution in [0.2, 0.25) is 0 Å². The highest BCUT2D eigenvalue weighted by atomic mass is 32.2. The highest BCUT2D eigenvalue weighted by molar-refractivity contribution is 8.00. The SMILES string of the molecule is CCC[C@@H](c1ccc(SC(F)(F)F)cc1)N1CCNCC1. The van der Waals surface area contributed by atoms with Gasteiger partial charge in [-0.15, -0.1) is 0 Å². The van der Waals surface area contributed by atoms with Gasteiger partial charge < -0.3 is 5.32 Å². The molecular formula is C15H21F3N2S. The molecule has 1 aliphatic rings. The summed E-state index contributed by atoms with van der Waals surface area (Å²) in [6, 6.07) is 7.16. The van der Waals surface area contributed by atoms with Crippen LogP contribution in [0.15, 0.2) is 29.2 Å². The number of nitrogens with one attached hydrogen (secondary N) is 1. The van der Waals surface area contributed by atoms with E-state index in [-0.39, 0.29) is 16.7 Å². The van der Waals surface area contributed by atoms with Crippen LogP contribution in [0.5, 0.6) is 0 Å². The second-order valence-corrected chi connectivity index (χ2v) is 6.35. The van der Waals surface area contributed by atoms with Gasteiger partial charge in [0.05, 0.1) is 0 Å². The first-order valence-corrected chi connectivity index (χ1v) is 8.11. The van der Waals surface area contributed by atoms with E-state index in [1.807, 2.05) is 12.1 Å². The monoisotopic (exact) mass is 318 g/mol. The lowest BCUT2D eigenvalue weighted by molar-refractivity contribution is -0.0328. The number of hydrogen-bond acceptors (Lipinski definition) is 3. The molecule has 0 aliphatic carbocycles. The maximum absolute atomic E-state index is 12.4. The van der Waals surface area contributed by atoms with Crippen molar-refractivity contribution in [1.29, 1.82) is 0 Å². The molecule has 1 N–H and O–H groups in total. The van der Waals surface area contributed by atoms with Crippen LogP contribution in [-0.2, 0) is 0 Å². The number of thioether (sulfide) groups is 1. The number of rotatable bonds is 5. The van der Waals surface area contributed by atoms with Gasteiger partial charge in [0.2, 0.25) is 0 Å². The summed E-state index contributed by atoms with van der Waals surface area (Å²) in [5.41, 5.74) is -3.10. The molecule has 1 saturated heterocycles. The fraction of sp³-hybridized carbons (Fsp3) is 0.600. The Morgan fingerprint density at radius 3 is 2.33 bits per heavy atom. The minimum atomic E-state index is -4.22. The zero-order valence-electron chi connectivity index (χ0n) is 12.1. The smallest absolute Gasteiger partial charge is 0.314 e. The predicted molar refractivity (Wildman–Crippen MR) is 80.4 cm³/mol. The molecule has 1 aliphatic heterocycles. The summed E-state index contributed by atoms with van der Waals surface area (Å²) in [5.74, 6) is 0. The molecule has 2 rings (SSSR count). The van der Waals surface area contributed by atoms with Gasteiger partial charge in [-0.05, 0) is 35.9 Å². The maximum atomic E-state index is 12.4. The predicted octanol–water partition coefficient (Wildman–Crippen LogP) is 4.04. The second kappa shape index (κ2) is 7.51. The van der Waals surface area contributed by atoms with Crippen LogP contribution in [0.3, 0.4) is 0 Å². The molecule has 0 radical (unpaired) electrons. The normalized spacial score (nSPS) is 18.7. The lowest BCUT2D eigenvalue weighted by atomic mass is 10.00. The average molecular weight is 318 g/mol. The average Bonchev–Trinajstić information content (AvgIpc) is 2.45. The molecule has 1 heterocycles. The van der Waals surface area contributed by atoms with Crippen LogP contribution in [0.25, 0.3) is 0 Å². The van der Waals surface area contributed by atoms with Crippen molar-refractivity contribution in [2.75, 3.05) is 26.2 Å². The van der Waals surface area contributed by atoms with Crippen LogP contribution >= 0.6 is 11.8 Å². The third kappa shape index (κ3) is 5.20. The Balaban J connectivity index is 2.09. The van der Waals surface area contributed by atoms with E-state index in [4.69, 9.17) is 0 Å². The molecule has 6 heteroatoms. The first-order valence-electron chi connectivity index (χ1n) is 7.30. The van der Waals surface area contributed by atoms with Crippen LogP contribution < -0.4 is 5.32 Å². The van der Waals surface area contributed by atoms with Gasteiger partial charge in [-0.3, -0.25) is 4.90 Å². The number of alkyl halides is 3. The highest BCUT2D eigenvalue weighted by Gasteiger charge is 2.29. The maximum Gasteiger partial charge on any atom is 0.446 e. The fourth-order valence-corrected chi connectivity index (χ4v) is 3.26. The van der Waals surface area contributed by atoms with Gasteiger partial charge in [0.25, 0.3) is 0 Å². The summed E-state index contributed by atoms with van der Waals surface area (Å²) >= 11 is -0.0535. The molecule has 21 heavy (non-hydrogen) atoms. The zero-order chi connectivity index (χ0) is 15.3. The summed E-state index contributed by atoms with van der Waals surface area (Å²) < 4.78 is 37.1. The van der Waals surface area contributed by atoms with E-state index in [2.05, 4.69) is 17.1 Å². The standard InChI is InChI=1S/C15H21F3N2S/c1-2-3-14(20-10-8-19-9-11-20)12-4-6-13(7-5-12)21-15(16,17)18/h4-7,14,19H,2-3,8-11H2,1H3/t14-/m0/s1. The molecule has 2 nitrogen and oxygen atoms in total. The van der Waals surface area contributed by atoms with Crippen molar-refractivity contribution in [1.82, 2.24) is 10.2 Å². The largest absolute Gasteiger partial charge is 0.446 e. The lowest BCUT2D eigenvalue weighted by Gasteiger charge is -2.35. The van der Waals surface area contributed by atoms with Gasteiger partial charge in [-0.1, -0.05) is 25.5 Å². The van der Waals surface area contributed by atoms with Crippen molar-refractivity contribution >= 4 is 11.8 Å². The Bertz CT molecular complexity index is 428. The van der Waals surface area contributed by atoms with E-state index in [0.717, 1.165) is 44.6 Å². The van der Waals surface area contributed by atoms with Gasteiger partial charge in [0, 0.05) is 37.1 Å². The summed E-state index contributed by atoms with van der Waals surface area (Å²) in [5, 5.41) is 3.33. The molecule has 0 saturated carbocycles. The van der Waals surface area contributed by atoms with Crippen molar-refractivity contribution in [2.45, 2.75) is 36.2 Å². The van der Waals surface area contributed by atoms with Crippen molar-refractivity contribution in [3.63, 3.8) is 0 Å². The summed E-state index contributed by atoms with van der Waals surface area (Å²) in [6.07, 6.45) is 2.10. The molecule has 1 aromatic carbocycles. The van der Waals surface area contributed by atoms with E-state index in [9.17, 15) is 13.2 Å². The molecular weight excluding hydrogens is 297 g/mol. The second-order valence-electron chi connectivity index (χ2n) is 5.21. The molecule has 1 aromatic rings. The first kappa shape index (κ1) is 16.6. The molecule has 0 bridgehead atoms. The minimum Gasteiger partial charge on any atom is -0.314 e. The van der Waals surface area contributed by atoms with Crippen molar-refractivity contribution in [3.05, 3.63) is 29.8 Å². The Kier molecular flexibility index (Phi) is 5.96. The third-order valence-electron chi connectivity index (χ3n) is 3.65. The summed E-state index contributed by atoms with van der Waals surface area (Å²) in [6.45, 7) is 6.07. The van der Waals surface area contributed by atoms with E-state index in [1.54, 1.807) is 12.1 Å². The number of hydrogen-bond donors (Lipinski definition) is 1. The van der Waals surface area contributed by atoms with Gasteiger partial charge in [0.15, 0.2) is 0 Å². The Morgan fingerprint density at radius 2 is 1.81 bits per heavy atom. The van der Waals surface area contributed by atoms with Crippen LogP contribution in [-0.4, -0.2) is 36.6 Å². The summed E-state index contributed by atoms with van der Waals surface area (Å²) in [7, 11) is 0. The number of nitrogens with zero attached hydrogens (tertiary/aromatic N) is 1. The van der Waals surface area contributed by atoms with E-state index >= 15 is 0 Å². The quantitative estimate of drug-likeness (QED) is 0.825. The van der Waals surface area contributed by atoms with Crippen molar-refractivity contribution < 1.29 is 13.2 Å². The zero-order valence-corrected chi connectivity index (χ0v) is 12.9. The first-order chi connectivity index (χ1) is 9.99. The Morgan fingerprint density at radius 1 is 1.19 bits per heavy atom. The van der Waals surface area contributed by atoms with Gasteiger partial charge in [0.1, 0.15) is 0 Å². The van der Waals surface area contributed by atoms with Gasteiger partial charge in [-0.25, -0.2) is 0 Å². The van der Waals surface area contributed by atoms with Crippen molar-refractivity contribution in [3.8, 4) is 0 Å². The van der Waals surface area contributed by atoms with E-state index in [1.165, 1.54) is 0 Å². The molecule has 118 valence electrons. The Hall–Kier alpha value is -0.720. The molecule has 0 aromatic heterocycles. The molecule has 1 fully saturated rings. The summed E-state index contributed by atoms with van der Waals surface area (Å²) in [4.78, 5) is 2.67. The van der Waals surface area contributed by atoms with Gasteiger partial charge in [-0.2, -0.15) is 13.2 Å². The van der Waals surface area contributed by atoms with E-state index < -0.39 is 5.51 Å². The minimum absolute atomic E-state index is 0.0535. The lowest BCUT2D eigenvalue weighted by Crippen LogP contribution is -2.45. The van der Waals surface area contributed by atoms with E-state index in [0.29, 0.717) is 6.04 Å². The topological polar surface area (TPSA) is 15.3 Å². The molecule has 0 amide bonds. The third-order valence-corrected chi connectivity index (χ3v) is 4.39. The number of halogens is 3. The fourth-order valence-electron chi connectivity index (χ4n) is 2.72. The van der Waals surface area contributed by atoms with Crippen molar-refractivity contribution in [2.24, 2.45) is 0 Å². The van der Waals surface area contributed by atoms with Crippen LogP contribution in [0.1, 0.15) is 31.4 Å². The highest BCUT2D eigenvalue weighted by Crippen LogP contribution is 2.37. The molecule has 0 spiro atoms. The van der Waals surface area contributed by atoms with Gasteiger partial charge >= 0.3 is 5.51 Å². The van der Waals surface area contributed by atoms with Crippen LogP contribution in [0, 0.1) is 0 Å². The van der Waals surface area contributed by atoms with Crippen LogP contribution in [0.4, 0.5) is 13.2 Å². The Labute approximate surface area is 128 Å².